The number of hydrogen-bond donors (Lipinski definition) is 1. The molecule has 29 heavy (non-hydrogen) atoms. The summed E-state index contributed by atoms with van der Waals surface area (Å²) in [7, 11) is 0. The largest absolute Gasteiger partial charge is 0.490 e. The number of fused-ring (bicyclic) bond motifs is 1. The Balaban J connectivity index is 1.43. The van der Waals surface area contributed by atoms with Crippen LogP contribution in [0.15, 0.2) is 65.1 Å². The van der Waals surface area contributed by atoms with Crippen molar-refractivity contribution >= 4 is 43.2 Å². The average molecular weight is 467 g/mol. The van der Waals surface area contributed by atoms with Gasteiger partial charge in [-0.2, -0.15) is 0 Å². The van der Waals surface area contributed by atoms with E-state index in [1.807, 2.05) is 19.9 Å². The van der Waals surface area contributed by atoms with Crippen LogP contribution < -0.4 is 10.1 Å². The molecule has 0 bridgehead atoms. The maximum Gasteiger partial charge on any atom is 0.133 e. The monoisotopic (exact) mass is 466 g/mol. The van der Waals surface area contributed by atoms with Gasteiger partial charge in [-0.15, -0.1) is 11.3 Å². The second kappa shape index (κ2) is 8.56. The quantitative estimate of drug-likeness (QED) is 0.320. The van der Waals surface area contributed by atoms with Crippen LogP contribution in [-0.4, -0.2) is 11.1 Å². The van der Waals surface area contributed by atoms with E-state index in [4.69, 9.17) is 9.72 Å². The van der Waals surface area contributed by atoms with E-state index in [-0.39, 0.29) is 6.10 Å². The summed E-state index contributed by atoms with van der Waals surface area (Å²) < 4.78 is 7.99. The van der Waals surface area contributed by atoms with Crippen molar-refractivity contribution in [1.82, 2.24) is 4.98 Å². The highest BCUT2D eigenvalue weighted by atomic mass is 79.9. The van der Waals surface area contributed by atoms with E-state index in [1.54, 1.807) is 11.3 Å². The van der Waals surface area contributed by atoms with Gasteiger partial charge in [0.1, 0.15) is 10.8 Å². The molecule has 4 aromatic rings. The highest BCUT2D eigenvalue weighted by molar-refractivity contribution is 9.10. The summed E-state index contributed by atoms with van der Waals surface area (Å²) >= 11 is 5.34. The van der Waals surface area contributed by atoms with Crippen molar-refractivity contribution in [2.75, 3.05) is 5.32 Å². The Morgan fingerprint density at radius 3 is 2.55 bits per heavy atom. The van der Waals surface area contributed by atoms with E-state index >= 15 is 0 Å². The normalized spacial score (nSPS) is 11.2. The molecular formula is C24H23BrN2OS. The lowest BCUT2D eigenvalue weighted by molar-refractivity contribution is 0.241. The molecular weight excluding hydrogens is 444 g/mol. The molecule has 148 valence electrons. The molecule has 0 aliphatic heterocycles. The standard InChI is InChI=1S/C24H23BrN2OS/c1-15(2)28-22-11-5-17(13-20(22)25)14-26-19-8-6-18(7-9-19)24-27-21-10-4-16(3)12-23(21)29-24/h4-13,15,26H,14H2,1-3H3. The summed E-state index contributed by atoms with van der Waals surface area (Å²) in [6.45, 7) is 6.92. The number of aromatic nitrogens is 1. The molecule has 0 aliphatic rings. The molecule has 3 nitrogen and oxygen atoms in total. The zero-order chi connectivity index (χ0) is 20.4. The minimum Gasteiger partial charge on any atom is -0.490 e. The topological polar surface area (TPSA) is 34.2 Å². The number of rotatable bonds is 6. The van der Waals surface area contributed by atoms with Gasteiger partial charge in [0, 0.05) is 17.8 Å². The Hall–Kier alpha value is -2.37. The van der Waals surface area contributed by atoms with Crippen LogP contribution >= 0.6 is 27.3 Å². The molecule has 5 heteroatoms. The van der Waals surface area contributed by atoms with Gasteiger partial charge in [0.15, 0.2) is 0 Å². The summed E-state index contributed by atoms with van der Waals surface area (Å²) in [5, 5.41) is 4.54. The molecule has 1 heterocycles. The molecule has 0 atom stereocenters. The maximum absolute atomic E-state index is 5.77. The molecule has 0 aliphatic carbocycles. The number of thiazole rings is 1. The smallest absolute Gasteiger partial charge is 0.133 e. The van der Waals surface area contributed by atoms with Gasteiger partial charge in [-0.1, -0.05) is 12.1 Å². The molecule has 0 fully saturated rings. The third kappa shape index (κ3) is 4.80. The van der Waals surface area contributed by atoms with Crippen molar-refractivity contribution < 1.29 is 4.74 Å². The predicted octanol–water partition coefficient (Wildman–Crippen LogP) is 7.43. The van der Waals surface area contributed by atoms with Crippen LogP contribution in [-0.2, 0) is 6.54 Å². The Kier molecular flexibility index (Phi) is 5.88. The van der Waals surface area contributed by atoms with Crippen molar-refractivity contribution in [2.45, 2.75) is 33.4 Å². The minimum atomic E-state index is 0.160. The Morgan fingerprint density at radius 2 is 1.83 bits per heavy atom. The number of ether oxygens (including phenoxy) is 1. The van der Waals surface area contributed by atoms with Crippen LogP contribution in [0.25, 0.3) is 20.8 Å². The van der Waals surface area contributed by atoms with Crippen LogP contribution in [0.1, 0.15) is 25.0 Å². The second-order valence-corrected chi connectivity index (χ2v) is 9.24. The first-order valence-corrected chi connectivity index (χ1v) is 11.3. The first-order chi connectivity index (χ1) is 14.0. The molecule has 3 aromatic carbocycles. The fourth-order valence-electron chi connectivity index (χ4n) is 3.09. The minimum absolute atomic E-state index is 0.160. The maximum atomic E-state index is 5.77. The lowest BCUT2D eigenvalue weighted by Crippen LogP contribution is -2.06. The molecule has 0 unspecified atom stereocenters. The molecule has 4 rings (SSSR count). The summed E-state index contributed by atoms with van der Waals surface area (Å²) in [6.07, 6.45) is 0.160. The van der Waals surface area contributed by atoms with Crippen molar-refractivity contribution in [1.29, 1.82) is 0 Å². The molecule has 0 radical (unpaired) electrons. The van der Waals surface area contributed by atoms with E-state index in [0.717, 1.165) is 38.5 Å². The molecule has 0 amide bonds. The first kappa shape index (κ1) is 19.9. The molecule has 0 saturated carbocycles. The van der Waals surface area contributed by atoms with Crippen molar-refractivity contribution in [3.8, 4) is 16.3 Å². The number of nitrogens with one attached hydrogen (secondary N) is 1. The number of nitrogens with zero attached hydrogens (tertiary/aromatic N) is 1. The summed E-state index contributed by atoms with van der Waals surface area (Å²) in [4.78, 5) is 4.77. The Labute approximate surface area is 183 Å². The fraction of sp³-hybridized carbons (Fsp3) is 0.208. The van der Waals surface area contributed by atoms with Crippen molar-refractivity contribution in [3.05, 3.63) is 76.3 Å². The first-order valence-electron chi connectivity index (χ1n) is 9.64. The van der Waals surface area contributed by atoms with Crippen molar-refractivity contribution in [2.24, 2.45) is 0 Å². The summed E-state index contributed by atoms with van der Waals surface area (Å²) in [5.41, 5.74) is 5.76. The third-order valence-electron chi connectivity index (χ3n) is 4.53. The van der Waals surface area contributed by atoms with Gasteiger partial charge < -0.3 is 10.1 Å². The van der Waals surface area contributed by atoms with Crippen LogP contribution in [0, 0.1) is 6.92 Å². The van der Waals surface area contributed by atoms with Crippen molar-refractivity contribution in [3.63, 3.8) is 0 Å². The van der Waals surface area contributed by atoms with Crippen LogP contribution in [0.2, 0.25) is 0 Å². The number of hydrogen-bond acceptors (Lipinski definition) is 4. The van der Waals surface area contributed by atoms with E-state index in [1.165, 1.54) is 15.8 Å². The zero-order valence-corrected chi connectivity index (χ0v) is 19.1. The number of anilines is 1. The van der Waals surface area contributed by atoms with Gasteiger partial charge in [0.2, 0.25) is 0 Å². The summed E-state index contributed by atoms with van der Waals surface area (Å²) in [6, 6.07) is 21.1. The zero-order valence-electron chi connectivity index (χ0n) is 16.7. The van der Waals surface area contributed by atoms with E-state index in [9.17, 15) is 0 Å². The Bertz CT molecular complexity index is 1140. The Morgan fingerprint density at radius 1 is 1.03 bits per heavy atom. The number of halogens is 1. The van der Waals surface area contributed by atoms with E-state index in [2.05, 4.69) is 82.8 Å². The molecule has 0 saturated heterocycles. The second-order valence-electron chi connectivity index (χ2n) is 7.35. The number of aryl methyl sites for hydroxylation is 1. The number of benzene rings is 3. The highest BCUT2D eigenvalue weighted by Gasteiger charge is 2.07. The van der Waals surface area contributed by atoms with Crippen LogP contribution in [0.5, 0.6) is 5.75 Å². The molecule has 0 spiro atoms. The van der Waals surface area contributed by atoms with E-state index in [0.29, 0.717) is 0 Å². The summed E-state index contributed by atoms with van der Waals surface area (Å²) in [5.74, 6) is 0.874. The predicted molar refractivity (Wildman–Crippen MR) is 127 cm³/mol. The van der Waals surface area contributed by atoms with Crippen LogP contribution in [0.3, 0.4) is 0 Å². The van der Waals surface area contributed by atoms with E-state index < -0.39 is 0 Å². The van der Waals surface area contributed by atoms with Gasteiger partial charge in [-0.3, -0.25) is 0 Å². The third-order valence-corrected chi connectivity index (χ3v) is 6.22. The lowest BCUT2D eigenvalue weighted by Gasteiger charge is -2.13. The molecule has 1 aromatic heterocycles. The lowest BCUT2D eigenvalue weighted by atomic mass is 10.2. The SMILES string of the molecule is Cc1ccc2nc(-c3ccc(NCc4ccc(OC(C)C)c(Br)c4)cc3)sc2c1. The van der Waals surface area contributed by atoms with Gasteiger partial charge in [-0.05, 0) is 96.4 Å². The highest BCUT2D eigenvalue weighted by Crippen LogP contribution is 2.31. The van der Waals surface area contributed by atoms with Gasteiger partial charge in [0.25, 0.3) is 0 Å². The van der Waals surface area contributed by atoms with Gasteiger partial charge in [-0.25, -0.2) is 4.98 Å². The average Bonchev–Trinajstić information content (AvgIpc) is 3.11. The van der Waals surface area contributed by atoms with Gasteiger partial charge >= 0.3 is 0 Å². The van der Waals surface area contributed by atoms with Gasteiger partial charge in [0.05, 0.1) is 20.8 Å². The van der Waals surface area contributed by atoms with Crippen LogP contribution in [0.4, 0.5) is 5.69 Å². The fourth-order valence-corrected chi connectivity index (χ4v) is 4.68. The molecule has 1 N–H and O–H groups in total.